The first kappa shape index (κ1) is 26.1. The molecule has 7 nitrogen and oxygen atoms in total. The molecule has 2 aromatic rings. The number of hydrogen-bond donors (Lipinski definition) is 1. The van der Waals surface area contributed by atoms with Crippen LogP contribution in [0.2, 0.25) is 0 Å². The van der Waals surface area contributed by atoms with E-state index < -0.39 is 6.16 Å². The van der Waals surface area contributed by atoms with Gasteiger partial charge in [0.15, 0.2) is 0 Å². The number of carbonyl (C=O) groups is 1. The largest absolute Gasteiger partial charge is 0.513 e. The second kappa shape index (κ2) is 11.8. The first-order valence-electron chi connectivity index (χ1n) is 12.0. The summed E-state index contributed by atoms with van der Waals surface area (Å²) in [7, 11) is 1.30. The normalized spacial score (nSPS) is 20.4. The molecular formula is C27H38N2O5. The topological polar surface area (TPSA) is 78.9 Å². The third kappa shape index (κ3) is 6.78. The van der Waals surface area contributed by atoms with Crippen molar-refractivity contribution < 1.29 is 23.8 Å². The molecule has 0 amide bonds. The van der Waals surface area contributed by atoms with Gasteiger partial charge in [-0.25, -0.2) is 4.79 Å². The van der Waals surface area contributed by atoms with Crippen molar-refractivity contribution in [2.45, 2.75) is 91.1 Å². The van der Waals surface area contributed by atoms with E-state index in [1.165, 1.54) is 12.7 Å². The van der Waals surface area contributed by atoms with E-state index in [0.29, 0.717) is 18.9 Å². The molecule has 1 aliphatic carbocycles. The van der Waals surface area contributed by atoms with Crippen LogP contribution >= 0.6 is 0 Å². The molecule has 1 heterocycles. The Hall–Kier alpha value is -2.48. The molecule has 0 spiro atoms. The SMILES string of the molecule is COC(=O)Oc1c(C)c(C)nc(C(C)C)c1CNOC1CCC(C)(OCc2ccccc2)CC1. The van der Waals surface area contributed by atoms with Crippen LogP contribution in [-0.4, -0.2) is 30.0 Å². The Morgan fingerprint density at radius 3 is 2.47 bits per heavy atom. The minimum Gasteiger partial charge on any atom is -0.437 e. The monoisotopic (exact) mass is 470 g/mol. The summed E-state index contributed by atoms with van der Waals surface area (Å²) in [6, 6.07) is 10.3. The third-order valence-electron chi connectivity index (χ3n) is 6.57. The average molecular weight is 471 g/mol. The van der Waals surface area contributed by atoms with Gasteiger partial charge in [-0.3, -0.25) is 9.82 Å². The lowest BCUT2D eigenvalue weighted by molar-refractivity contribution is -0.115. The number of ether oxygens (including phenoxy) is 3. The highest BCUT2D eigenvalue weighted by molar-refractivity contribution is 5.66. The predicted octanol–water partition coefficient (Wildman–Crippen LogP) is 5.91. The highest BCUT2D eigenvalue weighted by Gasteiger charge is 2.32. The van der Waals surface area contributed by atoms with Gasteiger partial charge in [0.25, 0.3) is 0 Å². The second-order valence-corrected chi connectivity index (χ2v) is 9.59. The summed E-state index contributed by atoms with van der Waals surface area (Å²) in [6.45, 7) is 11.1. The van der Waals surface area contributed by atoms with Crippen molar-refractivity contribution in [1.82, 2.24) is 10.5 Å². The number of rotatable bonds is 9. The Balaban J connectivity index is 1.58. The van der Waals surface area contributed by atoms with Crippen LogP contribution in [0.5, 0.6) is 5.75 Å². The van der Waals surface area contributed by atoms with Crippen molar-refractivity contribution in [3.05, 3.63) is 58.4 Å². The summed E-state index contributed by atoms with van der Waals surface area (Å²) in [5, 5.41) is 0. The highest BCUT2D eigenvalue weighted by atomic mass is 16.7. The lowest BCUT2D eigenvalue weighted by atomic mass is 9.84. The third-order valence-corrected chi connectivity index (χ3v) is 6.57. The molecule has 0 radical (unpaired) electrons. The van der Waals surface area contributed by atoms with E-state index in [1.54, 1.807) is 0 Å². The number of nitrogens with zero attached hydrogens (tertiary/aromatic N) is 1. The van der Waals surface area contributed by atoms with Gasteiger partial charge in [-0.15, -0.1) is 0 Å². The molecule has 0 saturated heterocycles. The molecule has 186 valence electrons. The zero-order valence-corrected chi connectivity index (χ0v) is 21.3. The number of aromatic nitrogens is 1. The smallest absolute Gasteiger partial charge is 0.437 e. The molecule has 1 aromatic heterocycles. The molecule has 0 aliphatic heterocycles. The molecule has 1 N–H and O–H groups in total. The van der Waals surface area contributed by atoms with Gasteiger partial charge in [0.1, 0.15) is 5.75 Å². The van der Waals surface area contributed by atoms with Crippen molar-refractivity contribution in [2.24, 2.45) is 0 Å². The Bertz CT molecular complexity index is 953. The van der Waals surface area contributed by atoms with Gasteiger partial charge in [0.2, 0.25) is 0 Å². The molecule has 1 saturated carbocycles. The molecular weight excluding hydrogens is 432 g/mol. The van der Waals surface area contributed by atoms with Crippen LogP contribution in [0.25, 0.3) is 0 Å². The first-order valence-corrected chi connectivity index (χ1v) is 12.0. The first-order chi connectivity index (χ1) is 16.2. The number of aryl methyl sites for hydroxylation is 1. The maximum absolute atomic E-state index is 11.9. The van der Waals surface area contributed by atoms with Crippen LogP contribution in [0.4, 0.5) is 4.79 Å². The fourth-order valence-corrected chi connectivity index (χ4v) is 4.28. The van der Waals surface area contributed by atoms with Gasteiger partial charge in [-0.2, -0.15) is 5.48 Å². The van der Waals surface area contributed by atoms with Crippen LogP contribution in [0.1, 0.15) is 80.5 Å². The van der Waals surface area contributed by atoms with Crippen molar-refractivity contribution in [1.29, 1.82) is 0 Å². The van der Waals surface area contributed by atoms with E-state index in [1.807, 2.05) is 32.0 Å². The number of methoxy groups -OCH3 is 1. The van der Waals surface area contributed by atoms with E-state index >= 15 is 0 Å². The van der Waals surface area contributed by atoms with Crippen LogP contribution in [0.3, 0.4) is 0 Å². The summed E-state index contributed by atoms with van der Waals surface area (Å²) < 4.78 is 16.5. The van der Waals surface area contributed by atoms with Gasteiger partial charge < -0.3 is 14.2 Å². The summed E-state index contributed by atoms with van der Waals surface area (Å²) in [6.07, 6.45) is 3.04. The Morgan fingerprint density at radius 2 is 1.85 bits per heavy atom. The van der Waals surface area contributed by atoms with Gasteiger partial charge in [-0.1, -0.05) is 44.2 Å². The number of hydroxylamine groups is 1. The van der Waals surface area contributed by atoms with Gasteiger partial charge in [0.05, 0.1) is 37.7 Å². The molecule has 1 aliphatic rings. The summed E-state index contributed by atoms with van der Waals surface area (Å²) in [4.78, 5) is 22.7. The van der Waals surface area contributed by atoms with Crippen molar-refractivity contribution >= 4 is 6.16 Å². The van der Waals surface area contributed by atoms with Gasteiger partial charge in [0, 0.05) is 16.8 Å². The van der Waals surface area contributed by atoms with Crippen LogP contribution in [-0.2, 0) is 27.5 Å². The fraction of sp³-hybridized carbons (Fsp3) is 0.556. The summed E-state index contributed by atoms with van der Waals surface area (Å²) >= 11 is 0. The van der Waals surface area contributed by atoms with Crippen molar-refractivity contribution in [3.8, 4) is 5.75 Å². The minimum absolute atomic E-state index is 0.0976. The van der Waals surface area contributed by atoms with Crippen molar-refractivity contribution in [3.63, 3.8) is 0 Å². The fourth-order valence-electron chi connectivity index (χ4n) is 4.28. The highest BCUT2D eigenvalue weighted by Crippen LogP contribution is 2.34. The van der Waals surface area contributed by atoms with Crippen LogP contribution in [0, 0.1) is 13.8 Å². The predicted molar refractivity (Wildman–Crippen MR) is 131 cm³/mol. The number of benzene rings is 1. The summed E-state index contributed by atoms with van der Waals surface area (Å²) in [5.41, 5.74) is 7.51. The summed E-state index contributed by atoms with van der Waals surface area (Å²) in [5.74, 6) is 0.651. The number of carbonyl (C=O) groups excluding carboxylic acids is 1. The maximum atomic E-state index is 11.9. The molecule has 0 atom stereocenters. The lowest BCUT2D eigenvalue weighted by Gasteiger charge is -2.37. The quantitative estimate of drug-likeness (QED) is 0.361. The number of nitrogens with one attached hydrogen (secondary N) is 1. The van der Waals surface area contributed by atoms with E-state index in [9.17, 15) is 4.79 Å². The molecule has 7 heteroatoms. The van der Waals surface area contributed by atoms with E-state index in [2.05, 4.69) is 38.4 Å². The van der Waals surface area contributed by atoms with Crippen molar-refractivity contribution in [2.75, 3.05) is 7.11 Å². The van der Waals surface area contributed by atoms with Crippen LogP contribution < -0.4 is 10.2 Å². The minimum atomic E-state index is -0.743. The van der Waals surface area contributed by atoms with Crippen LogP contribution in [0.15, 0.2) is 30.3 Å². The zero-order valence-electron chi connectivity index (χ0n) is 21.3. The lowest BCUT2D eigenvalue weighted by Crippen LogP contribution is -2.38. The molecule has 1 aromatic carbocycles. The number of hydrogen-bond acceptors (Lipinski definition) is 7. The molecule has 1 fully saturated rings. The standard InChI is InChI=1S/C27H38N2O5/c1-18(2)24-23(25(33-26(30)31-6)19(3)20(4)29-24)16-28-34-22-12-14-27(5,15-13-22)32-17-21-10-8-7-9-11-21/h7-11,18,22,28H,12-17H2,1-6H3. The molecule has 0 bridgehead atoms. The second-order valence-electron chi connectivity index (χ2n) is 9.59. The number of pyridine rings is 1. The van der Waals surface area contributed by atoms with Gasteiger partial charge in [-0.05, 0) is 57.9 Å². The molecule has 0 unspecified atom stereocenters. The zero-order chi connectivity index (χ0) is 24.7. The Labute approximate surface area is 203 Å². The maximum Gasteiger partial charge on any atom is 0.513 e. The molecule has 3 rings (SSSR count). The Kier molecular flexibility index (Phi) is 9.05. The Morgan fingerprint density at radius 1 is 1.18 bits per heavy atom. The van der Waals surface area contributed by atoms with E-state index in [-0.39, 0.29) is 17.6 Å². The van der Waals surface area contributed by atoms with E-state index in [4.69, 9.17) is 24.0 Å². The molecule has 34 heavy (non-hydrogen) atoms. The average Bonchev–Trinajstić information content (AvgIpc) is 2.83. The van der Waals surface area contributed by atoms with Gasteiger partial charge >= 0.3 is 6.16 Å². The van der Waals surface area contributed by atoms with E-state index in [0.717, 1.165) is 48.2 Å².